The zero-order chi connectivity index (χ0) is 14.6. The molecule has 0 saturated carbocycles. The molecule has 5 heteroatoms. The maximum atomic E-state index is 12.2. The van der Waals surface area contributed by atoms with Crippen LogP contribution in [0.5, 0.6) is 0 Å². The van der Waals surface area contributed by atoms with E-state index in [1.54, 1.807) is 30.3 Å². The number of halogens is 1. The van der Waals surface area contributed by atoms with Crippen LogP contribution in [0.1, 0.15) is 38.1 Å². The molecule has 1 aromatic rings. The van der Waals surface area contributed by atoms with Crippen LogP contribution in [-0.2, 0) is 4.79 Å². The van der Waals surface area contributed by atoms with Gasteiger partial charge in [-0.25, -0.2) is 0 Å². The van der Waals surface area contributed by atoms with Crippen molar-refractivity contribution in [1.82, 2.24) is 10.2 Å². The molecule has 0 radical (unpaired) electrons. The van der Waals surface area contributed by atoms with Gasteiger partial charge in [0.2, 0.25) is 5.91 Å². The Labute approximate surface area is 124 Å². The summed E-state index contributed by atoms with van der Waals surface area (Å²) in [6.45, 7) is 6.33. The van der Waals surface area contributed by atoms with Crippen LogP contribution in [-0.4, -0.2) is 30.9 Å². The van der Waals surface area contributed by atoms with Crippen LogP contribution < -0.4 is 5.32 Å². The molecule has 108 valence electrons. The summed E-state index contributed by atoms with van der Waals surface area (Å²) in [6, 6.07) is 3.89. The van der Waals surface area contributed by atoms with Gasteiger partial charge in [0.15, 0.2) is 0 Å². The summed E-state index contributed by atoms with van der Waals surface area (Å²) in [6.07, 6.45) is 0.834. The molecule has 1 aromatic heterocycles. The molecule has 1 rings (SSSR count). The number of nitrogens with zero attached hydrogens (tertiary/aromatic N) is 1. The third kappa shape index (κ3) is 5.13. The first-order valence-electron chi connectivity index (χ1n) is 6.53. The van der Waals surface area contributed by atoms with Crippen molar-refractivity contribution in [3.05, 3.63) is 21.3 Å². The van der Waals surface area contributed by atoms with Gasteiger partial charge in [0.25, 0.3) is 0 Å². The summed E-state index contributed by atoms with van der Waals surface area (Å²) < 4.78 is 0.781. The predicted molar refractivity (Wildman–Crippen MR) is 82.8 cm³/mol. The van der Waals surface area contributed by atoms with Crippen LogP contribution in [0.3, 0.4) is 0 Å². The van der Waals surface area contributed by atoms with E-state index in [-0.39, 0.29) is 18.0 Å². The van der Waals surface area contributed by atoms with Gasteiger partial charge in [0.05, 0.1) is 10.4 Å². The Hall–Kier alpha value is -0.580. The van der Waals surface area contributed by atoms with E-state index in [0.29, 0.717) is 5.92 Å². The molecule has 2 unspecified atom stereocenters. The standard InChI is InChI=1S/C14H23ClN2OS/c1-9(2)8-11(14(18)17(4)5)16-10(3)12-6-7-13(15)19-12/h6-7,9-11,16H,8H2,1-5H3. The lowest BCUT2D eigenvalue weighted by molar-refractivity contribution is -0.131. The van der Waals surface area contributed by atoms with Crippen molar-refractivity contribution in [3.8, 4) is 0 Å². The number of amides is 1. The van der Waals surface area contributed by atoms with E-state index in [2.05, 4.69) is 26.1 Å². The fourth-order valence-electron chi connectivity index (χ4n) is 1.97. The quantitative estimate of drug-likeness (QED) is 0.871. The van der Waals surface area contributed by atoms with E-state index >= 15 is 0 Å². The van der Waals surface area contributed by atoms with E-state index in [1.165, 1.54) is 0 Å². The van der Waals surface area contributed by atoms with Crippen LogP contribution in [0.4, 0.5) is 0 Å². The molecule has 1 N–H and O–H groups in total. The number of nitrogens with one attached hydrogen (secondary N) is 1. The van der Waals surface area contributed by atoms with Crippen LogP contribution in [0, 0.1) is 5.92 Å². The molecule has 3 nitrogen and oxygen atoms in total. The molecule has 2 atom stereocenters. The second kappa shape index (κ2) is 7.27. The molecule has 0 bridgehead atoms. The number of likely N-dealkylation sites (N-methyl/N-ethyl adjacent to an activating group) is 1. The van der Waals surface area contributed by atoms with Gasteiger partial charge in [0.1, 0.15) is 0 Å². The Kier molecular flexibility index (Phi) is 6.30. The van der Waals surface area contributed by atoms with Gasteiger partial charge in [-0.05, 0) is 31.4 Å². The summed E-state index contributed by atoms with van der Waals surface area (Å²) in [5, 5.41) is 3.42. The highest BCUT2D eigenvalue weighted by molar-refractivity contribution is 7.16. The fraction of sp³-hybridized carbons (Fsp3) is 0.643. The van der Waals surface area contributed by atoms with Gasteiger partial charge >= 0.3 is 0 Å². The SMILES string of the molecule is CC(C)CC(NC(C)c1ccc(Cl)s1)C(=O)N(C)C. The van der Waals surface area contributed by atoms with Gasteiger partial charge in [-0.2, -0.15) is 0 Å². The average Bonchev–Trinajstić information content (AvgIpc) is 2.73. The van der Waals surface area contributed by atoms with Crippen molar-refractivity contribution >= 4 is 28.8 Å². The summed E-state index contributed by atoms with van der Waals surface area (Å²) in [5.74, 6) is 0.601. The molecule has 0 saturated heterocycles. The maximum absolute atomic E-state index is 12.2. The first-order chi connectivity index (χ1) is 8.81. The third-order valence-electron chi connectivity index (χ3n) is 2.92. The number of thiophene rings is 1. The van der Waals surface area contributed by atoms with Crippen molar-refractivity contribution in [1.29, 1.82) is 0 Å². The molecular formula is C14H23ClN2OS. The lowest BCUT2D eigenvalue weighted by Gasteiger charge is -2.26. The highest BCUT2D eigenvalue weighted by Crippen LogP contribution is 2.27. The Morgan fingerprint density at radius 2 is 2.00 bits per heavy atom. The van der Waals surface area contributed by atoms with Gasteiger partial charge in [-0.3, -0.25) is 10.1 Å². The molecule has 0 aromatic carbocycles. The normalized spacial score (nSPS) is 14.5. The zero-order valence-electron chi connectivity index (χ0n) is 12.2. The Morgan fingerprint density at radius 1 is 1.37 bits per heavy atom. The number of hydrogen-bond donors (Lipinski definition) is 1. The van der Waals surface area contributed by atoms with Gasteiger partial charge < -0.3 is 4.90 Å². The predicted octanol–water partition coefficient (Wildman–Crippen LogP) is 3.56. The van der Waals surface area contributed by atoms with Crippen LogP contribution in [0.25, 0.3) is 0 Å². The molecule has 0 spiro atoms. The van der Waals surface area contributed by atoms with E-state index < -0.39 is 0 Å². The minimum atomic E-state index is -0.147. The monoisotopic (exact) mass is 302 g/mol. The maximum Gasteiger partial charge on any atom is 0.239 e. The van der Waals surface area contributed by atoms with Gasteiger partial charge in [0, 0.05) is 25.0 Å². The molecule has 0 aliphatic rings. The Morgan fingerprint density at radius 3 is 2.42 bits per heavy atom. The van der Waals surface area contributed by atoms with Crippen molar-refractivity contribution in [3.63, 3.8) is 0 Å². The molecular weight excluding hydrogens is 280 g/mol. The lowest BCUT2D eigenvalue weighted by atomic mass is 10.0. The van der Waals surface area contributed by atoms with Gasteiger partial charge in [-0.15, -0.1) is 11.3 Å². The number of rotatable bonds is 6. The average molecular weight is 303 g/mol. The minimum absolute atomic E-state index is 0.128. The summed E-state index contributed by atoms with van der Waals surface area (Å²) in [7, 11) is 3.59. The van der Waals surface area contributed by atoms with Crippen LogP contribution in [0.2, 0.25) is 4.34 Å². The number of carbonyl (C=O) groups excluding carboxylic acids is 1. The van der Waals surface area contributed by atoms with Crippen molar-refractivity contribution < 1.29 is 4.79 Å². The second-order valence-corrected chi connectivity index (χ2v) is 7.19. The second-order valence-electron chi connectivity index (χ2n) is 5.45. The molecule has 1 amide bonds. The van der Waals surface area contributed by atoms with E-state index in [0.717, 1.165) is 15.6 Å². The van der Waals surface area contributed by atoms with E-state index in [1.807, 2.05) is 12.1 Å². The largest absolute Gasteiger partial charge is 0.347 e. The Bertz CT molecular complexity index is 417. The van der Waals surface area contributed by atoms with E-state index in [9.17, 15) is 4.79 Å². The van der Waals surface area contributed by atoms with Gasteiger partial charge in [-0.1, -0.05) is 25.4 Å². The Balaban J connectivity index is 2.73. The molecule has 1 heterocycles. The minimum Gasteiger partial charge on any atom is -0.347 e. The molecule has 0 fully saturated rings. The summed E-state index contributed by atoms with van der Waals surface area (Å²) in [4.78, 5) is 15.0. The molecule has 19 heavy (non-hydrogen) atoms. The summed E-state index contributed by atoms with van der Waals surface area (Å²) >= 11 is 7.51. The topological polar surface area (TPSA) is 32.3 Å². The molecule has 0 aliphatic carbocycles. The first kappa shape index (κ1) is 16.5. The third-order valence-corrected chi connectivity index (χ3v) is 4.33. The molecule has 0 aliphatic heterocycles. The number of carbonyl (C=O) groups is 1. The summed E-state index contributed by atoms with van der Waals surface area (Å²) in [5.41, 5.74) is 0. The number of hydrogen-bond acceptors (Lipinski definition) is 3. The highest BCUT2D eigenvalue weighted by Gasteiger charge is 2.23. The van der Waals surface area contributed by atoms with E-state index in [4.69, 9.17) is 11.6 Å². The first-order valence-corrected chi connectivity index (χ1v) is 7.73. The highest BCUT2D eigenvalue weighted by atomic mass is 35.5. The smallest absolute Gasteiger partial charge is 0.239 e. The fourth-order valence-corrected chi connectivity index (χ4v) is 3.04. The lowest BCUT2D eigenvalue weighted by Crippen LogP contribution is -2.45. The van der Waals surface area contributed by atoms with Crippen molar-refractivity contribution in [2.24, 2.45) is 5.92 Å². The van der Waals surface area contributed by atoms with Crippen molar-refractivity contribution in [2.75, 3.05) is 14.1 Å². The zero-order valence-corrected chi connectivity index (χ0v) is 13.8. The van der Waals surface area contributed by atoms with Crippen LogP contribution in [0.15, 0.2) is 12.1 Å². The van der Waals surface area contributed by atoms with Crippen molar-refractivity contribution in [2.45, 2.75) is 39.3 Å². The van der Waals surface area contributed by atoms with Crippen LogP contribution >= 0.6 is 22.9 Å².